The van der Waals surface area contributed by atoms with E-state index in [0.717, 1.165) is 36.6 Å². The van der Waals surface area contributed by atoms with Gasteiger partial charge in [0.15, 0.2) is 0 Å². The maximum atomic E-state index is 12.7. The van der Waals surface area contributed by atoms with E-state index in [4.69, 9.17) is 4.74 Å². The third-order valence-corrected chi connectivity index (χ3v) is 5.26. The molecule has 2 heterocycles. The fourth-order valence-corrected chi connectivity index (χ4v) is 3.64. The SMILES string of the molecule is COc1ccc(C(=O)N2CCN(c3ccc4c(c3)NC(=O)CC4)CC2)cc1. The topological polar surface area (TPSA) is 61.9 Å². The Morgan fingerprint density at radius 3 is 2.44 bits per heavy atom. The quantitative estimate of drug-likeness (QED) is 0.908. The zero-order valence-electron chi connectivity index (χ0n) is 15.4. The van der Waals surface area contributed by atoms with Crippen molar-refractivity contribution >= 4 is 23.2 Å². The number of nitrogens with zero attached hydrogens (tertiary/aromatic N) is 2. The Hall–Kier alpha value is -3.02. The number of fused-ring (bicyclic) bond motifs is 1. The number of carbonyl (C=O) groups excluding carboxylic acids is 2. The molecule has 0 spiro atoms. The highest BCUT2D eigenvalue weighted by molar-refractivity contribution is 5.95. The lowest BCUT2D eigenvalue weighted by atomic mass is 10.0. The van der Waals surface area contributed by atoms with Crippen molar-refractivity contribution in [2.75, 3.05) is 43.5 Å². The largest absolute Gasteiger partial charge is 0.497 e. The van der Waals surface area contributed by atoms with Crippen LogP contribution in [-0.4, -0.2) is 50.0 Å². The van der Waals surface area contributed by atoms with E-state index in [2.05, 4.69) is 22.3 Å². The van der Waals surface area contributed by atoms with Gasteiger partial charge in [0, 0.05) is 49.5 Å². The van der Waals surface area contributed by atoms with Gasteiger partial charge in [-0.15, -0.1) is 0 Å². The summed E-state index contributed by atoms with van der Waals surface area (Å²) in [5.41, 5.74) is 3.88. The standard InChI is InChI=1S/C21H23N3O3/c1-27-18-7-3-16(4-8-18)21(26)24-12-10-23(11-13-24)17-6-2-15-5-9-20(25)22-19(15)14-17/h2-4,6-8,14H,5,9-13H2,1H3,(H,22,25). The average molecular weight is 365 g/mol. The predicted molar refractivity (Wildman–Crippen MR) is 105 cm³/mol. The molecule has 1 fully saturated rings. The lowest BCUT2D eigenvalue weighted by Gasteiger charge is -2.36. The number of carbonyl (C=O) groups is 2. The molecule has 2 aliphatic rings. The maximum Gasteiger partial charge on any atom is 0.253 e. The molecule has 140 valence electrons. The van der Waals surface area contributed by atoms with Crippen LogP contribution < -0.4 is 15.0 Å². The molecule has 2 aliphatic heterocycles. The first-order valence-electron chi connectivity index (χ1n) is 9.25. The van der Waals surface area contributed by atoms with E-state index in [1.165, 1.54) is 5.56 Å². The van der Waals surface area contributed by atoms with Crippen molar-refractivity contribution in [3.05, 3.63) is 53.6 Å². The normalized spacial score (nSPS) is 16.6. The molecule has 1 saturated heterocycles. The van der Waals surface area contributed by atoms with Crippen molar-refractivity contribution < 1.29 is 14.3 Å². The second-order valence-corrected chi connectivity index (χ2v) is 6.90. The Labute approximate surface area is 158 Å². The lowest BCUT2D eigenvalue weighted by Crippen LogP contribution is -2.48. The van der Waals surface area contributed by atoms with Crippen LogP contribution in [0.1, 0.15) is 22.3 Å². The molecule has 2 amide bonds. The van der Waals surface area contributed by atoms with Crippen molar-refractivity contribution in [2.45, 2.75) is 12.8 Å². The van der Waals surface area contributed by atoms with Crippen molar-refractivity contribution in [1.82, 2.24) is 4.90 Å². The van der Waals surface area contributed by atoms with Crippen LogP contribution in [0.15, 0.2) is 42.5 Å². The van der Waals surface area contributed by atoms with Gasteiger partial charge in [-0.1, -0.05) is 6.07 Å². The first kappa shape index (κ1) is 17.4. The molecular weight excluding hydrogens is 342 g/mol. The van der Waals surface area contributed by atoms with E-state index < -0.39 is 0 Å². The fraction of sp³-hybridized carbons (Fsp3) is 0.333. The van der Waals surface area contributed by atoms with Crippen LogP contribution in [0.2, 0.25) is 0 Å². The minimum Gasteiger partial charge on any atom is -0.497 e. The third kappa shape index (κ3) is 3.60. The molecule has 0 aliphatic carbocycles. The molecule has 0 bridgehead atoms. The van der Waals surface area contributed by atoms with Gasteiger partial charge in [0.25, 0.3) is 5.91 Å². The van der Waals surface area contributed by atoms with Crippen molar-refractivity contribution in [1.29, 1.82) is 0 Å². The number of ether oxygens (including phenoxy) is 1. The molecule has 0 radical (unpaired) electrons. The van der Waals surface area contributed by atoms with Gasteiger partial charge in [-0.3, -0.25) is 9.59 Å². The Morgan fingerprint density at radius 1 is 1.00 bits per heavy atom. The number of benzene rings is 2. The molecule has 0 saturated carbocycles. The average Bonchev–Trinajstić information content (AvgIpc) is 2.73. The second kappa shape index (κ2) is 7.31. The molecule has 4 rings (SSSR count). The number of anilines is 2. The van der Waals surface area contributed by atoms with Gasteiger partial charge in [-0.05, 0) is 48.4 Å². The van der Waals surface area contributed by atoms with Crippen LogP contribution in [0, 0.1) is 0 Å². The lowest BCUT2D eigenvalue weighted by molar-refractivity contribution is -0.116. The number of nitrogens with one attached hydrogen (secondary N) is 1. The summed E-state index contributed by atoms with van der Waals surface area (Å²) in [4.78, 5) is 28.5. The second-order valence-electron chi connectivity index (χ2n) is 6.90. The summed E-state index contributed by atoms with van der Waals surface area (Å²) in [6.07, 6.45) is 1.35. The predicted octanol–water partition coefficient (Wildman–Crippen LogP) is 2.54. The zero-order valence-corrected chi connectivity index (χ0v) is 15.4. The summed E-state index contributed by atoms with van der Waals surface area (Å²) in [6, 6.07) is 13.5. The van der Waals surface area contributed by atoms with Crippen LogP contribution >= 0.6 is 0 Å². The highest BCUT2D eigenvalue weighted by Crippen LogP contribution is 2.28. The van der Waals surface area contributed by atoms with Gasteiger partial charge in [-0.25, -0.2) is 0 Å². The smallest absolute Gasteiger partial charge is 0.253 e. The highest BCUT2D eigenvalue weighted by Gasteiger charge is 2.23. The Balaban J connectivity index is 1.40. The number of rotatable bonds is 3. The van der Waals surface area contributed by atoms with Gasteiger partial charge >= 0.3 is 0 Å². The molecule has 6 nitrogen and oxygen atoms in total. The van der Waals surface area contributed by atoms with Gasteiger partial charge < -0.3 is 19.9 Å². The third-order valence-electron chi connectivity index (χ3n) is 5.26. The first-order chi connectivity index (χ1) is 13.1. The molecule has 6 heteroatoms. The van der Waals surface area contributed by atoms with Crippen molar-refractivity contribution in [3.63, 3.8) is 0 Å². The summed E-state index contributed by atoms with van der Waals surface area (Å²) in [6.45, 7) is 2.89. The molecular formula is C21H23N3O3. The number of hydrogen-bond acceptors (Lipinski definition) is 4. The van der Waals surface area contributed by atoms with E-state index in [9.17, 15) is 9.59 Å². The zero-order chi connectivity index (χ0) is 18.8. The Morgan fingerprint density at radius 2 is 1.74 bits per heavy atom. The summed E-state index contributed by atoms with van der Waals surface area (Å²) < 4.78 is 5.15. The molecule has 0 unspecified atom stereocenters. The van der Waals surface area contributed by atoms with E-state index >= 15 is 0 Å². The summed E-state index contributed by atoms with van der Waals surface area (Å²) >= 11 is 0. The molecule has 2 aromatic carbocycles. The maximum absolute atomic E-state index is 12.7. The monoisotopic (exact) mass is 365 g/mol. The van der Waals surface area contributed by atoms with Crippen molar-refractivity contribution in [3.8, 4) is 5.75 Å². The minimum absolute atomic E-state index is 0.0509. The Kier molecular flexibility index (Phi) is 4.71. The highest BCUT2D eigenvalue weighted by atomic mass is 16.5. The number of hydrogen-bond donors (Lipinski definition) is 1. The van der Waals surface area contributed by atoms with Crippen LogP contribution in [0.5, 0.6) is 5.75 Å². The summed E-state index contributed by atoms with van der Waals surface area (Å²) in [7, 11) is 1.61. The van der Waals surface area contributed by atoms with Crippen LogP contribution in [-0.2, 0) is 11.2 Å². The van der Waals surface area contributed by atoms with Crippen molar-refractivity contribution in [2.24, 2.45) is 0 Å². The van der Waals surface area contributed by atoms with Crippen LogP contribution in [0.3, 0.4) is 0 Å². The minimum atomic E-state index is 0.0509. The molecule has 27 heavy (non-hydrogen) atoms. The van der Waals surface area contributed by atoms with E-state index in [-0.39, 0.29) is 11.8 Å². The van der Waals surface area contributed by atoms with Gasteiger partial charge in [-0.2, -0.15) is 0 Å². The van der Waals surface area contributed by atoms with Crippen LogP contribution in [0.25, 0.3) is 0 Å². The first-order valence-corrected chi connectivity index (χ1v) is 9.25. The Bertz CT molecular complexity index is 855. The van der Waals surface area contributed by atoms with Crippen LogP contribution in [0.4, 0.5) is 11.4 Å². The van der Waals surface area contributed by atoms with Gasteiger partial charge in [0.05, 0.1) is 7.11 Å². The number of piperazine rings is 1. The molecule has 1 N–H and O–H groups in total. The van der Waals surface area contributed by atoms with Gasteiger partial charge in [0.2, 0.25) is 5.91 Å². The van der Waals surface area contributed by atoms with Gasteiger partial charge in [0.1, 0.15) is 5.75 Å². The fourth-order valence-electron chi connectivity index (χ4n) is 3.64. The van der Waals surface area contributed by atoms with E-state index in [1.54, 1.807) is 19.2 Å². The molecule has 2 aromatic rings. The summed E-state index contributed by atoms with van der Waals surface area (Å²) in [5, 5.41) is 2.96. The van der Waals surface area contributed by atoms with E-state index in [1.807, 2.05) is 23.1 Å². The van der Waals surface area contributed by atoms with E-state index in [0.29, 0.717) is 25.1 Å². The molecule has 0 atom stereocenters. The molecule has 0 aromatic heterocycles. The summed E-state index contributed by atoms with van der Waals surface area (Å²) in [5.74, 6) is 0.875. The number of aryl methyl sites for hydroxylation is 1. The number of amides is 2. The number of methoxy groups -OCH3 is 1.